The number of halogens is 4. The second-order valence-electron chi connectivity index (χ2n) is 4.83. The zero-order valence-corrected chi connectivity index (χ0v) is 11.6. The molecule has 22 heavy (non-hydrogen) atoms. The maximum absolute atomic E-state index is 13.3. The molecule has 0 unspecified atom stereocenters. The topological polar surface area (TPSA) is 26.3 Å². The van der Waals surface area contributed by atoms with Crippen LogP contribution >= 0.6 is 0 Å². The largest absolute Gasteiger partial charge is 0.489 e. The number of carbonyl (C=O) groups excluding carboxylic acids is 1. The van der Waals surface area contributed by atoms with Crippen LogP contribution in [0.25, 0.3) is 0 Å². The molecule has 0 saturated carbocycles. The molecule has 0 fully saturated rings. The maximum Gasteiger partial charge on any atom is 0.416 e. The minimum absolute atomic E-state index is 0.0569. The van der Waals surface area contributed by atoms with Gasteiger partial charge in [0.1, 0.15) is 24.5 Å². The van der Waals surface area contributed by atoms with Gasteiger partial charge in [-0.1, -0.05) is 0 Å². The van der Waals surface area contributed by atoms with Gasteiger partial charge >= 0.3 is 6.18 Å². The van der Waals surface area contributed by atoms with Crippen LogP contribution in [0.15, 0.2) is 36.4 Å². The molecular weight excluding hydrogens is 300 g/mol. The van der Waals surface area contributed by atoms with Crippen molar-refractivity contribution >= 4 is 6.29 Å². The Labute approximate surface area is 124 Å². The molecule has 0 atom stereocenters. The molecule has 2 aromatic rings. The first kappa shape index (κ1) is 16.0. The highest BCUT2D eigenvalue weighted by atomic mass is 19.4. The molecule has 0 spiro atoms. The Morgan fingerprint density at radius 2 is 1.82 bits per heavy atom. The van der Waals surface area contributed by atoms with Crippen molar-refractivity contribution in [2.24, 2.45) is 0 Å². The minimum atomic E-state index is -4.62. The van der Waals surface area contributed by atoms with Crippen molar-refractivity contribution < 1.29 is 27.1 Å². The Hall–Kier alpha value is -2.37. The predicted octanol–water partition coefficient (Wildman–Crippen LogP) is 4.54. The van der Waals surface area contributed by atoms with Gasteiger partial charge in [0.05, 0.1) is 5.56 Å². The van der Waals surface area contributed by atoms with E-state index >= 15 is 0 Å². The third kappa shape index (κ3) is 4.07. The summed E-state index contributed by atoms with van der Waals surface area (Å²) in [6, 6.07) is 6.98. The smallest absolute Gasteiger partial charge is 0.416 e. The summed E-state index contributed by atoms with van der Waals surface area (Å²) in [6.07, 6.45) is -3.98. The van der Waals surface area contributed by atoms with Crippen molar-refractivity contribution in [1.82, 2.24) is 0 Å². The summed E-state index contributed by atoms with van der Waals surface area (Å²) in [5.41, 5.74) is 0.158. The molecule has 0 amide bonds. The molecule has 6 heteroatoms. The first-order valence-electron chi connectivity index (χ1n) is 6.34. The fourth-order valence-electron chi connectivity index (χ4n) is 1.99. The SMILES string of the molecule is Cc1cc(C=O)cc(OCc2cc(F)cc(C(F)(F)F)c2)c1. The quantitative estimate of drug-likeness (QED) is 0.612. The predicted molar refractivity (Wildman–Crippen MR) is 72.3 cm³/mol. The minimum Gasteiger partial charge on any atom is -0.489 e. The molecule has 0 saturated heterocycles. The van der Waals surface area contributed by atoms with Crippen LogP contribution in [0.4, 0.5) is 17.6 Å². The summed E-state index contributed by atoms with van der Waals surface area (Å²) in [7, 11) is 0. The Morgan fingerprint density at radius 3 is 2.45 bits per heavy atom. The van der Waals surface area contributed by atoms with Crippen molar-refractivity contribution in [3.05, 3.63) is 64.5 Å². The molecule has 0 heterocycles. The number of carbonyl (C=O) groups is 1. The Kier molecular flexibility index (Phi) is 4.49. The molecule has 0 radical (unpaired) electrons. The Balaban J connectivity index is 2.20. The fraction of sp³-hybridized carbons (Fsp3) is 0.188. The Bertz CT molecular complexity index is 693. The number of hydrogen-bond donors (Lipinski definition) is 0. The third-order valence-corrected chi connectivity index (χ3v) is 2.90. The van der Waals surface area contributed by atoms with Crippen molar-refractivity contribution in [1.29, 1.82) is 0 Å². The van der Waals surface area contributed by atoms with E-state index in [4.69, 9.17) is 4.74 Å². The van der Waals surface area contributed by atoms with E-state index in [2.05, 4.69) is 0 Å². The second-order valence-corrected chi connectivity index (χ2v) is 4.83. The molecule has 0 aliphatic carbocycles. The summed E-state index contributed by atoms with van der Waals surface area (Å²) in [6.45, 7) is 1.52. The summed E-state index contributed by atoms with van der Waals surface area (Å²) >= 11 is 0. The fourth-order valence-corrected chi connectivity index (χ4v) is 1.99. The highest BCUT2D eigenvalue weighted by Crippen LogP contribution is 2.30. The monoisotopic (exact) mass is 312 g/mol. The van der Waals surface area contributed by atoms with Gasteiger partial charge in [-0.25, -0.2) is 4.39 Å². The van der Waals surface area contributed by atoms with Crippen molar-refractivity contribution in [2.45, 2.75) is 19.7 Å². The lowest BCUT2D eigenvalue weighted by molar-refractivity contribution is -0.137. The molecular formula is C16H12F4O2. The molecule has 0 N–H and O–H groups in total. The second kappa shape index (κ2) is 6.17. The van der Waals surface area contributed by atoms with E-state index in [1.54, 1.807) is 19.1 Å². The van der Waals surface area contributed by atoms with Crippen molar-refractivity contribution in [3.8, 4) is 5.75 Å². The zero-order chi connectivity index (χ0) is 16.3. The molecule has 0 bridgehead atoms. The van der Waals surface area contributed by atoms with Crippen LogP contribution < -0.4 is 4.74 Å². The number of ether oxygens (including phenoxy) is 1. The lowest BCUT2D eigenvalue weighted by Crippen LogP contribution is -2.07. The van der Waals surface area contributed by atoms with Crippen LogP contribution in [-0.2, 0) is 12.8 Å². The van der Waals surface area contributed by atoms with Gasteiger partial charge in [0, 0.05) is 5.56 Å². The normalized spacial score (nSPS) is 11.3. The lowest BCUT2D eigenvalue weighted by atomic mass is 10.1. The number of alkyl halides is 3. The molecule has 0 aliphatic rings. The number of hydrogen-bond acceptors (Lipinski definition) is 2. The van der Waals surface area contributed by atoms with Gasteiger partial charge in [-0.05, 0) is 54.4 Å². The van der Waals surface area contributed by atoms with Crippen LogP contribution in [0, 0.1) is 12.7 Å². The molecule has 2 nitrogen and oxygen atoms in total. The third-order valence-electron chi connectivity index (χ3n) is 2.90. The van der Waals surface area contributed by atoms with Gasteiger partial charge in [-0.3, -0.25) is 4.79 Å². The van der Waals surface area contributed by atoms with Gasteiger partial charge in [0.2, 0.25) is 0 Å². The van der Waals surface area contributed by atoms with Crippen molar-refractivity contribution in [2.75, 3.05) is 0 Å². The van der Waals surface area contributed by atoms with Gasteiger partial charge in [-0.15, -0.1) is 0 Å². The zero-order valence-electron chi connectivity index (χ0n) is 11.6. The van der Waals surface area contributed by atoms with Crippen LogP contribution in [-0.4, -0.2) is 6.29 Å². The van der Waals surface area contributed by atoms with Crippen LogP contribution in [0.3, 0.4) is 0 Å². The van der Waals surface area contributed by atoms with Gasteiger partial charge in [0.15, 0.2) is 0 Å². The molecule has 116 valence electrons. The molecule has 0 aromatic heterocycles. The van der Waals surface area contributed by atoms with E-state index in [9.17, 15) is 22.4 Å². The van der Waals surface area contributed by atoms with E-state index in [0.29, 0.717) is 23.7 Å². The van der Waals surface area contributed by atoms with Crippen LogP contribution in [0.5, 0.6) is 5.75 Å². The highest BCUT2D eigenvalue weighted by molar-refractivity contribution is 5.76. The van der Waals surface area contributed by atoms with Crippen LogP contribution in [0.2, 0.25) is 0 Å². The van der Waals surface area contributed by atoms with E-state index in [-0.39, 0.29) is 12.2 Å². The van der Waals surface area contributed by atoms with Gasteiger partial charge in [-0.2, -0.15) is 13.2 Å². The van der Waals surface area contributed by atoms with E-state index in [0.717, 1.165) is 17.7 Å². The van der Waals surface area contributed by atoms with Crippen LogP contribution in [0.1, 0.15) is 27.0 Å². The lowest BCUT2D eigenvalue weighted by Gasteiger charge is -2.11. The van der Waals surface area contributed by atoms with Gasteiger partial charge < -0.3 is 4.74 Å². The van der Waals surface area contributed by atoms with E-state index in [1.165, 1.54) is 6.07 Å². The molecule has 0 aliphatic heterocycles. The molecule has 2 aromatic carbocycles. The standard InChI is InChI=1S/C16H12F4O2/c1-10-2-11(8-21)6-15(3-10)22-9-12-4-13(16(18,19)20)7-14(17)5-12/h2-8H,9H2,1H3. The Morgan fingerprint density at radius 1 is 1.09 bits per heavy atom. The summed E-state index contributed by atoms with van der Waals surface area (Å²) in [5, 5.41) is 0. The average molecular weight is 312 g/mol. The summed E-state index contributed by atoms with van der Waals surface area (Å²) in [4.78, 5) is 10.8. The first-order valence-corrected chi connectivity index (χ1v) is 6.34. The number of rotatable bonds is 4. The molecule has 2 rings (SSSR count). The summed E-state index contributed by atoms with van der Waals surface area (Å²) < 4.78 is 56.5. The van der Waals surface area contributed by atoms with E-state index < -0.39 is 17.6 Å². The number of benzene rings is 2. The van der Waals surface area contributed by atoms with Gasteiger partial charge in [0.25, 0.3) is 0 Å². The number of aryl methyl sites for hydroxylation is 1. The highest BCUT2D eigenvalue weighted by Gasteiger charge is 2.31. The van der Waals surface area contributed by atoms with Crippen molar-refractivity contribution in [3.63, 3.8) is 0 Å². The average Bonchev–Trinajstić information content (AvgIpc) is 2.43. The number of aldehydes is 1. The maximum atomic E-state index is 13.3. The van der Waals surface area contributed by atoms with E-state index in [1.807, 2.05) is 0 Å². The summed E-state index contributed by atoms with van der Waals surface area (Å²) in [5.74, 6) is -0.647. The first-order chi connectivity index (χ1) is 10.3.